The molecule has 0 radical (unpaired) electrons. The molecule has 0 unspecified atom stereocenters. The molecular formula is C27H28F4N6O2S. The van der Waals surface area contributed by atoms with Gasteiger partial charge < -0.3 is 26.0 Å². The molecule has 3 aromatic rings. The molecule has 13 heteroatoms. The van der Waals surface area contributed by atoms with Crippen LogP contribution in [-0.4, -0.2) is 65.8 Å². The van der Waals surface area contributed by atoms with Gasteiger partial charge >= 0.3 is 5.51 Å². The zero-order chi connectivity index (χ0) is 28.4. The number of nitrogens with one attached hydrogen (secondary N) is 4. The Hall–Kier alpha value is -3.63. The van der Waals surface area contributed by atoms with Crippen molar-refractivity contribution in [3.05, 3.63) is 47.8 Å². The minimum atomic E-state index is -4.56. The van der Waals surface area contributed by atoms with Gasteiger partial charge in [-0.3, -0.25) is 9.20 Å². The van der Waals surface area contributed by atoms with Gasteiger partial charge in [-0.05, 0) is 55.5 Å². The first kappa shape index (κ1) is 27.9. The molecule has 1 aromatic carbocycles. The molecule has 2 bridgehead atoms. The first-order valence-corrected chi connectivity index (χ1v) is 13.5. The number of imidazole rings is 1. The summed E-state index contributed by atoms with van der Waals surface area (Å²) in [6, 6.07) is 7.66. The van der Waals surface area contributed by atoms with E-state index in [0.717, 1.165) is 12.8 Å². The number of aromatic nitrogens is 2. The highest BCUT2D eigenvalue weighted by Gasteiger charge is 2.42. The van der Waals surface area contributed by atoms with Crippen LogP contribution in [0.5, 0.6) is 5.75 Å². The molecule has 212 valence electrons. The van der Waals surface area contributed by atoms with Crippen molar-refractivity contribution in [2.75, 3.05) is 31.3 Å². The Morgan fingerprint density at radius 1 is 1.27 bits per heavy atom. The van der Waals surface area contributed by atoms with Crippen LogP contribution in [0.3, 0.4) is 0 Å². The van der Waals surface area contributed by atoms with Gasteiger partial charge in [-0.25, -0.2) is 9.37 Å². The predicted molar refractivity (Wildman–Crippen MR) is 146 cm³/mol. The first-order chi connectivity index (χ1) is 19.2. The zero-order valence-electron chi connectivity index (χ0n) is 21.7. The standard InChI is InChI=1S/C27H28F4N6O2S/c1-32-25(38)15-7-9-17(22(13-15)39-2)33-11-3-5-20-26(40-27(29,30)31)37-12-4-6-19(24(37)36-20)35-21-14-16-8-10-18(34-16)23(21)28/h4,6-7,9,12-13,16,18,21,23,33-35H,8,10-11,14H2,1-2H3,(H,32,38)/t16-,18+,21-,23+/m0/s1. The number of pyridine rings is 1. The molecule has 2 fully saturated rings. The van der Waals surface area contributed by atoms with E-state index in [9.17, 15) is 18.0 Å². The number of piperidine rings is 1. The summed E-state index contributed by atoms with van der Waals surface area (Å²) in [7, 11) is 2.98. The van der Waals surface area contributed by atoms with Crippen LogP contribution in [0, 0.1) is 11.8 Å². The highest BCUT2D eigenvalue weighted by atomic mass is 32.2. The number of fused-ring (bicyclic) bond motifs is 3. The van der Waals surface area contributed by atoms with Crippen molar-refractivity contribution < 1.29 is 27.1 Å². The van der Waals surface area contributed by atoms with Gasteiger partial charge in [0.15, 0.2) is 5.65 Å². The van der Waals surface area contributed by atoms with Crippen LogP contribution in [0.2, 0.25) is 0 Å². The Kier molecular flexibility index (Phi) is 8.00. The number of carbonyl (C=O) groups is 1. The van der Waals surface area contributed by atoms with Crippen molar-refractivity contribution in [1.29, 1.82) is 0 Å². The number of amides is 1. The lowest BCUT2D eigenvalue weighted by Crippen LogP contribution is -2.52. The molecule has 0 spiro atoms. The summed E-state index contributed by atoms with van der Waals surface area (Å²) >= 11 is -0.296. The average Bonchev–Trinajstić information content (AvgIpc) is 3.50. The van der Waals surface area contributed by atoms with Crippen molar-refractivity contribution in [3.63, 3.8) is 0 Å². The van der Waals surface area contributed by atoms with Crippen LogP contribution in [0.1, 0.15) is 35.3 Å². The third-order valence-electron chi connectivity index (χ3n) is 7.01. The number of benzene rings is 1. The highest BCUT2D eigenvalue weighted by molar-refractivity contribution is 8.00. The lowest BCUT2D eigenvalue weighted by atomic mass is 9.97. The Bertz CT molecular complexity index is 1470. The molecule has 4 N–H and O–H groups in total. The molecule has 2 aliphatic rings. The highest BCUT2D eigenvalue weighted by Crippen LogP contribution is 2.40. The second-order valence-electron chi connectivity index (χ2n) is 9.56. The van der Waals surface area contributed by atoms with E-state index in [0.29, 0.717) is 29.1 Å². The lowest BCUT2D eigenvalue weighted by molar-refractivity contribution is -0.0330. The van der Waals surface area contributed by atoms with Gasteiger partial charge in [0.25, 0.3) is 5.91 Å². The lowest BCUT2D eigenvalue weighted by Gasteiger charge is -2.33. The summed E-state index contributed by atoms with van der Waals surface area (Å²) in [6.45, 7) is 0.0756. The molecule has 0 aliphatic carbocycles. The van der Waals surface area contributed by atoms with Crippen LogP contribution in [0.25, 0.3) is 5.65 Å². The van der Waals surface area contributed by atoms with Gasteiger partial charge in [-0.15, -0.1) is 0 Å². The molecular weight excluding hydrogens is 548 g/mol. The van der Waals surface area contributed by atoms with Crippen LogP contribution in [0.4, 0.5) is 28.9 Å². The van der Waals surface area contributed by atoms with Crippen molar-refractivity contribution >= 4 is 34.7 Å². The Labute approximate surface area is 232 Å². The number of carbonyl (C=O) groups excluding carboxylic acids is 1. The van der Waals surface area contributed by atoms with E-state index in [2.05, 4.69) is 38.1 Å². The van der Waals surface area contributed by atoms with E-state index in [-0.39, 0.29) is 52.7 Å². The van der Waals surface area contributed by atoms with Gasteiger partial charge in [0.1, 0.15) is 22.6 Å². The van der Waals surface area contributed by atoms with Crippen LogP contribution in [-0.2, 0) is 0 Å². The fraction of sp³-hybridized carbons (Fsp3) is 0.407. The summed E-state index contributed by atoms with van der Waals surface area (Å²) in [5, 5.41) is 11.9. The second-order valence-corrected chi connectivity index (χ2v) is 10.6. The number of thioether (sulfide) groups is 1. The Balaban J connectivity index is 1.40. The minimum Gasteiger partial charge on any atom is -0.495 e. The number of hydrogen-bond donors (Lipinski definition) is 4. The van der Waals surface area contributed by atoms with Crippen molar-refractivity contribution in [2.45, 2.75) is 54.1 Å². The molecule has 0 saturated carbocycles. The fourth-order valence-corrected chi connectivity index (χ4v) is 5.84. The SMILES string of the molecule is CNC(=O)c1ccc(NCC#Cc2nc3c(N[C@H]4C[C@@H]5CC[C@@H](N5)[C@H]4F)cccn3c2SC(F)(F)F)c(OC)c1. The molecule has 5 rings (SSSR count). The van der Waals surface area contributed by atoms with E-state index < -0.39 is 17.7 Å². The van der Waals surface area contributed by atoms with Crippen molar-refractivity contribution in [1.82, 2.24) is 20.0 Å². The van der Waals surface area contributed by atoms with Crippen LogP contribution < -0.4 is 26.0 Å². The van der Waals surface area contributed by atoms with Gasteiger partial charge in [-0.2, -0.15) is 13.2 Å². The number of hydrogen-bond acceptors (Lipinski definition) is 7. The molecule has 1 amide bonds. The van der Waals surface area contributed by atoms with Crippen molar-refractivity contribution in [2.24, 2.45) is 0 Å². The van der Waals surface area contributed by atoms with Gasteiger partial charge in [0.05, 0.1) is 31.1 Å². The van der Waals surface area contributed by atoms with E-state index in [1.165, 1.54) is 24.8 Å². The summed E-state index contributed by atoms with van der Waals surface area (Å²) < 4.78 is 62.2. The van der Waals surface area contributed by atoms with E-state index in [4.69, 9.17) is 4.74 Å². The molecule has 8 nitrogen and oxygen atoms in total. The van der Waals surface area contributed by atoms with E-state index in [1.807, 2.05) is 0 Å². The second kappa shape index (κ2) is 11.5. The first-order valence-electron chi connectivity index (χ1n) is 12.7. The Morgan fingerprint density at radius 3 is 2.85 bits per heavy atom. The Morgan fingerprint density at radius 2 is 2.10 bits per heavy atom. The van der Waals surface area contributed by atoms with Gasteiger partial charge in [-0.1, -0.05) is 5.92 Å². The normalized spacial score (nSPS) is 21.9. The summed E-state index contributed by atoms with van der Waals surface area (Å²) in [4.78, 5) is 16.3. The predicted octanol–water partition coefficient (Wildman–Crippen LogP) is 4.42. The monoisotopic (exact) mass is 576 g/mol. The van der Waals surface area contributed by atoms with Crippen LogP contribution >= 0.6 is 11.8 Å². The summed E-state index contributed by atoms with van der Waals surface area (Å²) in [5.41, 5.74) is -2.93. The van der Waals surface area contributed by atoms with Crippen molar-refractivity contribution in [3.8, 4) is 17.6 Å². The number of anilines is 2. The number of rotatable bonds is 7. The minimum absolute atomic E-state index is 0.0394. The zero-order valence-corrected chi connectivity index (χ0v) is 22.5. The van der Waals surface area contributed by atoms with Gasteiger partial charge in [0.2, 0.25) is 0 Å². The van der Waals surface area contributed by atoms with Gasteiger partial charge in [0, 0.05) is 42.7 Å². The molecule has 2 aliphatic heterocycles. The number of ether oxygens (including phenoxy) is 1. The molecule has 4 atom stereocenters. The fourth-order valence-electron chi connectivity index (χ4n) is 5.18. The topological polar surface area (TPSA) is 91.7 Å². The third kappa shape index (κ3) is 5.93. The average molecular weight is 577 g/mol. The number of methoxy groups -OCH3 is 1. The maximum absolute atomic E-state index is 15.0. The number of nitrogens with zero attached hydrogens (tertiary/aromatic N) is 2. The third-order valence-corrected chi connectivity index (χ3v) is 7.82. The number of alkyl halides is 4. The summed E-state index contributed by atoms with van der Waals surface area (Å²) in [5.74, 6) is 5.72. The molecule has 40 heavy (non-hydrogen) atoms. The molecule has 2 aromatic heterocycles. The summed E-state index contributed by atoms with van der Waals surface area (Å²) in [6.07, 6.45) is 2.62. The van der Waals surface area contributed by atoms with E-state index in [1.54, 1.807) is 30.3 Å². The molecule has 4 heterocycles. The quantitative estimate of drug-likeness (QED) is 0.188. The van der Waals surface area contributed by atoms with E-state index >= 15 is 4.39 Å². The number of halogens is 4. The maximum atomic E-state index is 15.0. The van der Waals surface area contributed by atoms with Crippen LogP contribution in [0.15, 0.2) is 41.6 Å². The smallest absolute Gasteiger partial charge is 0.447 e. The largest absolute Gasteiger partial charge is 0.495 e. The maximum Gasteiger partial charge on any atom is 0.447 e. The molecule has 2 saturated heterocycles.